The highest BCUT2D eigenvalue weighted by Crippen LogP contribution is 2.40. The van der Waals surface area contributed by atoms with Crippen LogP contribution in [0.1, 0.15) is 55.2 Å². The highest BCUT2D eigenvalue weighted by Gasteiger charge is 2.42. The second kappa shape index (κ2) is 10.1. The quantitative estimate of drug-likeness (QED) is 0.386. The van der Waals surface area contributed by atoms with Gasteiger partial charge in [-0.1, -0.05) is 0 Å². The molecule has 9 heteroatoms. The molecule has 0 atom stereocenters. The molecular weight excluding hydrogens is 441 g/mol. The van der Waals surface area contributed by atoms with Crippen LogP contribution in [0.15, 0.2) is 24.3 Å². The number of hydrogen-bond acceptors (Lipinski definition) is 2. The Hall–Kier alpha value is -2.29. The van der Waals surface area contributed by atoms with Crippen LogP contribution in [0.5, 0.6) is 5.75 Å². The van der Waals surface area contributed by atoms with Gasteiger partial charge in [-0.05, 0) is 62.1 Å². The fourth-order valence-corrected chi connectivity index (χ4v) is 4.02. The standard InChI is InChI=1S/C23H23F7O2/c1-2-31-12-13-3-5-14(6-4-13)15-7-20(27)22(21(28)8-15)23(29,30)32-16-9-18(25)17(11-24)19(26)10-16/h7-10,13-14H,2-6,11-12H2,1H3. The molecule has 2 aromatic rings. The lowest BCUT2D eigenvalue weighted by molar-refractivity contribution is -0.189. The van der Waals surface area contributed by atoms with Crippen molar-refractivity contribution in [2.24, 2.45) is 5.92 Å². The molecule has 3 rings (SSSR count). The van der Waals surface area contributed by atoms with E-state index in [4.69, 9.17) is 4.74 Å². The van der Waals surface area contributed by atoms with Crippen molar-refractivity contribution in [1.82, 2.24) is 0 Å². The molecule has 0 saturated heterocycles. The maximum Gasteiger partial charge on any atom is 0.432 e. The zero-order valence-electron chi connectivity index (χ0n) is 17.4. The molecule has 176 valence electrons. The molecule has 0 aromatic heterocycles. The van der Waals surface area contributed by atoms with Gasteiger partial charge in [0.25, 0.3) is 0 Å². The van der Waals surface area contributed by atoms with E-state index in [1.165, 1.54) is 0 Å². The first-order valence-electron chi connectivity index (χ1n) is 10.3. The molecule has 0 heterocycles. The summed E-state index contributed by atoms with van der Waals surface area (Å²) in [5.41, 5.74) is -2.36. The predicted molar refractivity (Wildman–Crippen MR) is 103 cm³/mol. The summed E-state index contributed by atoms with van der Waals surface area (Å²) in [6.45, 7) is 1.62. The van der Waals surface area contributed by atoms with Gasteiger partial charge in [0.2, 0.25) is 0 Å². The molecule has 0 aliphatic heterocycles. The first-order valence-corrected chi connectivity index (χ1v) is 10.3. The Balaban J connectivity index is 1.78. The summed E-state index contributed by atoms with van der Waals surface area (Å²) in [4.78, 5) is 0. The molecule has 1 aliphatic rings. The van der Waals surface area contributed by atoms with Crippen molar-refractivity contribution in [2.75, 3.05) is 13.2 Å². The first kappa shape index (κ1) is 24.4. The SMILES string of the molecule is CCOCC1CCC(c2cc(F)c(C(F)(F)Oc3cc(F)c(CF)c(F)c3)c(F)c2)CC1. The minimum absolute atomic E-state index is 0.183. The fraction of sp³-hybridized carbons (Fsp3) is 0.478. The molecule has 0 radical (unpaired) electrons. The van der Waals surface area contributed by atoms with Gasteiger partial charge >= 0.3 is 6.11 Å². The lowest BCUT2D eigenvalue weighted by Gasteiger charge is -2.29. The maximum absolute atomic E-state index is 14.6. The molecule has 1 fully saturated rings. The van der Waals surface area contributed by atoms with Crippen LogP contribution < -0.4 is 4.74 Å². The van der Waals surface area contributed by atoms with Gasteiger partial charge in [0.05, 0.1) is 5.56 Å². The molecule has 2 aromatic carbocycles. The molecule has 0 spiro atoms. The average molecular weight is 464 g/mol. The summed E-state index contributed by atoms with van der Waals surface area (Å²) in [6, 6.07) is 2.35. The van der Waals surface area contributed by atoms with E-state index in [1.54, 1.807) is 0 Å². The van der Waals surface area contributed by atoms with Gasteiger partial charge in [-0.25, -0.2) is 22.0 Å². The Morgan fingerprint density at radius 3 is 1.94 bits per heavy atom. The van der Waals surface area contributed by atoms with Crippen molar-refractivity contribution in [3.8, 4) is 5.75 Å². The monoisotopic (exact) mass is 464 g/mol. The summed E-state index contributed by atoms with van der Waals surface area (Å²) in [7, 11) is 0. The Morgan fingerprint density at radius 1 is 0.875 bits per heavy atom. The van der Waals surface area contributed by atoms with E-state index in [1.807, 2.05) is 6.92 Å². The second-order valence-corrected chi connectivity index (χ2v) is 7.85. The number of benzene rings is 2. The van der Waals surface area contributed by atoms with Crippen molar-refractivity contribution >= 4 is 0 Å². The number of hydrogen-bond donors (Lipinski definition) is 0. The van der Waals surface area contributed by atoms with Crippen LogP contribution in [0.2, 0.25) is 0 Å². The van der Waals surface area contributed by atoms with Gasteiger partial charge in [0.1, 0.15) is 41.3 Å². The van der Waals surface area contributed by atoms with Crippen LogP contribution in [0, 0.1) is 29.2 Å². The smallest absolute Gasteiger partial charge is 0.429 e. The van der Waals surface area contributed by atoms with Crippen molar-refractivity contribution in [3.05, 3.63) is 64.2 Å². The van der Waals surface area contributed by atoms with Gasteiger partial charge < -0.3 is 9.47 Å². The van der Waals surface area contributed by atoms with Crippen LogP contribution in [0.4, 0.5) is 30.7 Å². The number of alkyl halides is 3. The highest BCUT2D eigenvalue weighted by molar-refractivity contribution is 5.34. The Kier molecular flexibility index (Phi) is 7.69. The third kappa shape index (κ3) is 5.36. The largest absolute Gasteiger partial charge is 0.432 e. The zero-order chi connectivity index (χ0) is 23.5. The zero-order valence-corrected chi connectivity index (χ0v) is 17.4. The van der Waals surface area contributed by atoms with E-state index in [2.05, 4.69) is 4.74 Å². The Morgan fingerprint density at radius 2 is 1.44 bits per heavy atom. The average Bonchev–Trinajstić information content (AvgIpc) is 2.71. The summed E-state index contributed by atoms with van der Waals surface area (Å²) in [5.74, 6) is -6.81. The molecular formula is C23H23F7O2. The Labute approximate surface area is 181 Å². The van der Waals surface area contributed by atoms with E-state index < -0.39 is 52.9 Å². The summed E-state index contributed by atoms with van der Waals surface area (Å²) < 4.78 is 108. The Bertz CT molecular complexity index is 894. The summed E-state index contributed by atoms with van der Waals surface area (Å²) in [6.07, 6.45) is -1.69. The van der Waals surface area contributed by atoms with Crippen molar-refractivity contribution in [3.63, 3.8) is 0 Å². The van der Waals surface area contributed by atoms with Crippen molar-refractivity contribution in [2.45, 2.75) is 51.3 Å². The number of ether oxygens (including phenoxy) is 2. The summed E-state index contributed by atoms with van der Waals surface area (Å²) >= 11 is 0. The maximum atomic E-state index is 14.6. The normalized spacial score (nSPS) is 19.2. The lowest BCUT2D eigenvalue weighted by Crippen LogP contribution is -2.26. The van der Waals surface area contributed by atoms with Crippen LogP contribution in [0.3, 0.4) is 0 Å². The fourth-order valence-electron chi connectivity index (χ4n) is 4.02. The van der Waals surface area contributed by atoms with E-state index in [9.17, 15) is 30.7 Å². The van der Waals surface area contributed by atoms with E-state index in [0.29, 0.717) is 44.1 Å². The molecule has 1 saturated carbocycles. The summed E-state index contributed by atoms with van der Waals surface area (Å²) in [5, 5.41) is 0. The van der Waals surface area contributed by atoms with Gasteiger partial charge in [-0.15, -0.1) is 0 Å². The van der Waals surface area contributed by atoms with Gasteiger partial charge in [-0.2, -0.15) is 8.78 Å². The van der Waals surface area contributed by atoms with Crippen LogP contribution in [0.25, 0.3) is 0 Å². The molecule has 0 amide bonds. The minimum atomic E-state index is -4.56. The van der Waals surface area contributed by atoms with Gasteiger partial charge in [0, 0.05) is 25.3 Å². The lowest BCUT2D eigenvalue weighted by atomic mass is 9.79. The van der Waals surface area contributed by atoms with Crippen LogP contribution >= 0.6 is 0 Å². The molecule has 0 N–H and O–H groups in total. The third-order valence-corrected chi connectivity index (χ3v) is 5.73. The molecule has 2 nitrogen and oxygen atoms in total. The van der Waals surface area contributed by atoms with E-state index in [-0.39, 0.29) is 11.5 Å². The number of rotatable bonds is 8. The molecule has 0 unspecified atom stereocenters. The minimum Gasteiger partial charge on any atom is -0.429 e. The van der Waals surface area contributed by atoms with Gasteiger partial charge in [-0.3, -0.25) is 0 Å². The number of halogens is 7. The van der Waals surface area contributed by atoms with Crippen molar-refractivity contribution in [1.29, 1.82) is 0 Å². The van der Waals surface area contributed by atoms with Crippen molar-refractivity contribution < 1.29 is 40.2 Å². The molecule has 1 aliphatic carbocycles. The second-order valence-electron chi connectivity index (χ2n) is 7.85. The van der Waals surface area contributed by atoms with E-state index in [0.717, 1.165) is 25.0 Å². The van der Waals surface area contributed by atoms with E-state index >= 15 is 0 Å². The third-order valence-electron chi connectivity index (χ3n) is 5.73. The first-order chi connectivity index (χ1) is 15.2. The van der Waals surface area contributed by atoms with Gasteiger partial charge in [0.15, 0.2) is 0 Å². The van der Waals surface area contributed by atoms with Crippen LogP contribution in [-0.4, -0.2) is 13.2 Å². The van der Waals surface area contributed by atoms with Crippen LogP contribution in [-0.2, 0) is 17.5 Å². The highest BCUT2D eigenvalue weighted by atomic mass is 19.3. The topological polar surface area (TPSA) is 18.5 Å². The molecule has 32 heavy (non-hydrogen) atoms. The predicted octanol–water partition coefficient (Wildman–Crippen LogP) is 7.15. The molecule has 0 bridgehead atoms.